The number of benzene rings is 1. The van der Waals surface area contributed by atoms with Gasteiger partial charge >= 0.3 is 0 Å². The van der Waals surface area contributed by atoms with Crippen LogP contribution in [0.4, 0.5) is 0 Å². The number of nitrogens with one attached hydrogen (secondary N) is 1. The summed E-state index contributed by atoms with van der Waals surface area (Å²) in [6, 6.07) is 11.7. The van der Waals surface area contributed by atoms with Crippen molar-refractivity contribution in [3.05, 3.63) is 55.7 Å². The van der Waals surface area contributed by atoms with Crippen molar-refractivity contribution >= 4 is 27.3 Å². The van der Waals surface area contributed by atoms with Gasteiger partial charge in [0.15, 0.2) is 0 Å². The maximum Gasteiger partial charge on any atom is 0.0731 e. The number of hydrogen-bond donors (Lipinski definition) is 1. The third-order valence-corrected chi connectivity index (χ3v) is 6.38. The highest BCUT2D eigenvalue weighted by atomic mass is 79.9. The van der Waals surface area contributed by atoms with Crippen LogP contribution in [-0.4, -0.2) is 6.54 Å². The minimum absolute atomic E-state index is 0.474. The molecule has 20 heavy (non-hydrogen) atoms. The number of hydrogen-bond acceptors (Lipinski definition) is 2. The van der Waals surface area contributed by atoms with Gasteiger partial charge in [-0.3, -0.25) is 0 Å². The topological polar surface area (TPSA) is 12.0 Å². The minimum atomic E-state index is 0.474. The first kappa shape index (κ1) is 14.3. The van der Waals surface area contributed by atoms with Gasteiger partial charge in [0.2, 0.25) is 0 Å². The van der Waals surface area contributed by atoms with Crippen LogP contribution in [0.5, 0.6) is 0 Å². The molecule has 0 radical (unpaired) electrons. The van der Waals surface area contributed by atoms with Crippen LogP contribution in [0.25, 0.3) is 0 Å². The molecule has 3 heteroatoms. The highest BCUT2D eigenvalue weighted by molar-refractivity contribution is 9.11. The van der Waals surface area contributed by atoms with Crippen LogP contribution < -0.4 is 5.32 Å². The molecular weight excluding hydrogens is 330 g/mol. The van der Waals surface area contributed by atoms with Crippen molar-refractivity contribution < 1.29 is 0 Å². The van der Waals surface area contributed by atoms with E-state index in [0.29, 0.717) is 12.0 Å². The summed E-state index contributed by atoms with van der Waals surface area (Å²) in [5, 5.41) is 3.71. The maximum atomic E-state index is 3.71. The summed E-state index contributed by atoms with van der Waals surface area (Å²) in [4.78, 5) is 1.47. The van der Waals surface area contributed by atoms with Crippen molar-refractivity contribution in [2.75, 3.05) is 6.54 Å². The van der Waals surface area contributed by atoms with Gasteiger partial charge in [-0.1, -0.05) is 31.2 Å². The number of thiophene rings is 1. The Morgan fingerprint density at radius 3 is 2.45 bits per heavy atom. The van der Waals surface area contributed by atoms with E-state index in [9.17, 15) is 0 Å². The van der Waals surface area contributed by atoms with Crippen LogP contribution in [0.3, 0.4) is 0 Å². The Balaban J connectivity index is 1.86. The first-order valence-electron chi connectivity index (χ1n) is 7.25. The van der Waals surface area contributed by atoms with Crippen molar-refractivity contribution in [3.8, 4) is 0 Å². The lowest BCUT2D eigenvalue weighted by molar-refractivity contribution is 0.386. The van der Waals surface area contributed by atoms with E-state index in [4.69, 9.17) is 0 Å². The predicted molar refractivity (Wildman–Crippen MR) is 90.5 cm³/mol. The molecular formula is C17H20BrNS. The number of fused-ring (bicyclic) bond motifs is 1. The van der Waals surface area contributed by atoms with Crippen LogP contribution in [0.1, 0.15) is 34.5 Å². The van der Waals surface area contributed by atoms with E-state index in [0.717, 1.165) is 6.54 Å². The largest absolute Gasteiger partial charge is 0.309 e. The van der Waals surface area contributed by atoms with E-state index in [1.54, 1.807) is 0 Å². The minimum Gasteiger partial charge on any atom is -0.309 e. The predicted octanol–water partition coefficient (Wildman–Crippen LogP) is 4.88. The molecule has 1 unspecified atom stereocenters. The number of aryl methyl sites for hydroxylation is 1. The molecule has 1 aromatic carbocycles. The first-order valence-corrected chi connectivity index (χ1v) is 8.86. The van der Waals surface area contributed by atoms with Crippen LogP contribution in [0.15, 0.2) is 34.1 Å². The molecule has 0 amide bonds. The molecule has 1 nitrogen and oxygen atoms in total. The van der Waals surface area contributed by atoms with E-state index >= 15 is 0 Å². The van der Waals surface area contributed by atoms with Gasteiger partial charge in [-0.15, -0.1) is 11.3 Å². The van der Waals surface area contributed by atoms with Crippen molar-refractivity contribution in [2.24, 2.45) is 5.92 Å². The fourth-order valence-corrected chi connectivity index (χ4v) is 4.93. The molecule has 0 spiro atoms. The van der Waals surface area contributed by atoms with Crippen molar-refractivity contribution in [1.82, 2.24) is 5.32 Å². The summed E-state index contributed by atoms with van der Waals surface area (Å²) >= 11 is 5.55. The number of rotatable bonds is 4. The molecule has 0 saturated heterocycles. The smallest absolute Gasteiger partial charge is 0.0731 e. The van der Waals surface area contributed by atoms with Gasteiger partial charge in [0.1, 0.15) is 0 Å². The molecule has 3 rings (SSSR count). The fourth-order valence-electron chi connectivity index (χ4n) is 3.18. The Kier molecular flexibility index (Phi) is 4.29. The van der Waals surface area contributed by atoms with Gasteiger partial charge in [-0.2, -0.15) is 0 Å². The molecule has 1 aliphatic rings. The van der Waals surface area contributed by atoms with Crippen LogP contribution in [0.2, 0.25) is 0 Å². The molecule has 0 aliphatic heterocycles. The monoisotopic (exact) mass is 349 g/mol. The summed E-state index contributed by atoms with van der Waals surface area (Å²) < 4.78 is 1.27. The normalized spacial score (nSPS) is 16.4. The molecule has 1 heterocycles. The van der Waals surface area contributed by atoms with Crippen molar-refractivity contribution in [3.63, 3.8) is 0 Å². The van der Waals surface area contributed by atoms with E-state index in [1.807, 2.05) is 11.3 Å². The molecule has 1 N–H and O–H groups in total. The van der Waals surface area contributed by atoms with Crippen LogP contribution >= 0.6 is 27.3 Å². The van der Waals surface area contributed by atoms with E-state index in [1.165, 1.54) is 38.2 Å². The van der Waals surface area contributed by atoms with Crippen molar-refractivity contribution in [1.29, 1.82) is 0 Å². The quantitative estimate of drug-likeness (QED) is 0.828. The van der Waals surface area contributed by atoms with Crippen LogP contribution in [-0.2, 0) is 12.8 Å². The first-order chi connectivity index (χ1) is 9.69. The molecule has 0 bridgehead atoms. The van der Waals surface area contributed by atoms with Crippen LogP contribution in [0, 0.1) is 12.8 Å². The number of halogens is 1. The molecule has 2 aromatic rings. The van der Waals surface area contributed by atoms with Gasteiger partial charge in [-0.05, 0) is 70.9 Å². The van der Waals surface area contributed by atoms with Gasteiger partial charge in [0.05, 0.1) is 3.79 Å². The molecule has 106 valence electrons. The summed E-state index contributed by atoms with van der Waals surface area (Å²) in [7, 11) is 0. The molecule has 0 saturated carbocycles. The van der Waals surface area contributed by atoms with E-state index in [-0.39, 0.29) is 0 Å². The third kappa shape index (κ3) is 2.72. The molecule has 1 aliphatic carbocycles. The van der Waals surface area contributed by atoms with Gasteiger partial charge in [-0.25, -0.2) is 0 Å². The SMILES string of the molecule is CCNC(c1cc(C)c(Br)s1)C1Cc2ccccc2C1. The Bertz CT molecular complexity index is 560. The Morgan fingerprint density at radius 2 is 1.95 bits per heavy atom. The Morgan fingerprint density at radius 1 is 1.30 bits per heavy atom. The lowest BCUT2D eigenvalue weighted by atomic mass is 9.95. The Labute approximate surface area is 133 Å². The highest BCUT2D eigenvalue weighted by Crippen LogP contribution is 2.39. The summed E-state index contributed by atoms with van der Waals surface area (Å²) in [6.45, 7) is 5.40. The molecule has 1 aromatic heterocycles. The van der Waals surface area contributed by atoms with Gasteiger partial charge in [0.25, 0.3) is 0 Å². The molecule has 0 fully saturated rings. The highest BCUT2D eigenvalue weighted by Gasteiger charge is 2.30. The second-order valence-corrected chi connectivity index (χ2v) is 7.98. The summed E-state index contributed by atoms with van der Waals surface area (Å²) in [6.07, 6.45) is 2.39. The zero-order valence-electron chi connectivity index (χ0n) is 11.9. The van der Waals surface area contributed by atoms with Gasteiger partial charge in [0, 0.05) is 10.9 Å². The third-order valence-electron chi connectivity index (χ3n) is 4.16. The fraction of sp³-hybridized carbons (Fsp3) is 0.412. The zero-order chi connectivity index (χ0) is 14.1. The average molecular weight is 350 g/mol. The molecule has 1 atom stereocenters. The second kappa shape index (κ2) is 6.00. The lowest BCUT2D eigenvalue weighted by Crippen LogP contribution is -2.28. The lowest BCUT2D eigenvalue weighted by Gasteiger charge is -2.23. The second-order valence-electron chi connectivity index (χ2n) is 5.58. The average Bonchev–Trinajstić information content (AvgIpc) is 3.00. The zero-order valence-corrected chi connectivity index (χ0v) is 14.4. The van der Waals surface area contributed by atoms with Crippen molar-refractivity contribution in [2.45, 2.75) is 32.7 Å². The van der Waals surface area contributed by atoms with E-state index in [2.05, 4.69) is 65.4 Å². The summed E-state index contributed by atoms with van der Waals surface area (Å²) in [5.74, 6) is 0.678. The van der Waals surface area contributed by atoms with Gasteiger partial charge < -0.3 is 5.32 Å². The standard InChI is InChI=1S/C17H20BrNS/c1-3-19-16(15-8-11(2)17(18)20-15)14-9-12-6-4-5-7-13(12)10-14/h4-8,14,16,19H,3,9-10H2,1-2H3. The maximum absolute atomic E-state index is 3.71. The summed E-state index contributed by atoms with van der Waals surface area (Å²) in [5.41, 5.74) is 4.42. The van der Waals surface area contributed by atoms with E-state index < -0.39 is 0 Å². The Hall–Kier alpha value is -0.640.